The molecule has 2 heterocycles. The fraction of sp³-hybridized carbons (Fsp3) is 0.552. The van der Waals surface area contributed by atoms with Gasteiger partial charge in [0.25, 0.3) is 0 Å². The maximum atomic E-state index is 13.4. The lowest BCUT2D eigenvalue weighted by molar-refractivity contribution is -0.143. The first-order valence-corrected chi connectivity index (χ1v) is 13.8. The number of nitrogens with zero attached hydrogens (tertiary/aromatic N) is 3. The van der Waals surface area contributed by atoms with Crippen LogP contribution in [0.3, 0.4) is 0 Å². The van der Waals surface area contributed by atoms with Crippen molar-refractivity contribution in [1.29, 1.82) is 0 Å². The number of pyridine rings is 1. The highest BCUT2D eigenvalue weighted by Crippen LogP contribution is 2.41. The van der Waals surface area contributed by atoms with E-state index in [1.165, 1.54) is 11.8 Å². The summed E-state index contributed by atoms with van der Waals surface area (Å²) in [6, 6.07) is 3.94. The second-order valence-corrected chi connectivity index (χ2v) is 11.0. The molecule has 0 bridgehead atoms. The number of hydrogen-bond acceptors (Lipinski definition) is 5. The lowest BCUT2D eigenvalue weighted by Crippen LogP contribution is -2.35. The van der Waals surface area contributed by atoms with Crippen LogP contribution in [-0.2, 0) is 28.4 Å². The topological polar surface area (TPSA) is 83.0 Å². The highest BCUT2D eigenvalue weighted by atomic mass is 19.4. The van der Waals surface area contributed by atoms with Crippen LogP contribution in [0.4, 0.5) is 36.8 Å². The summed E-state index contributed by atoms with van der Waals surface area (Å²) >= 11 is 0. The van der Waals surface area contributed by atoms with Crippen LogP contribution < -0.4 is 4.90 Å². The lowest BCUT2D eigenvalue weighted by Gasteiger charge is -2.34. The Hall–Kier alpha value is -3.51. The normalized spacial score (nSPS) is 23.1. The van der Waals surface area contributed by atoms with Crippen molar-refractivity contribution in [3.8, 4) is 0 Å². The average Bonchev–Trinajstić information content (AvgIpc) is 3.20. The number of ether oxygens (including phenoxy) is 1. The number of carboxylic acid groups (broad SMARTS) is 1. The Morgan fingerprint density at radius 3 is 2.19 bits per heavy atom. The molecule has 4 rings (SSSR count). The van der Waals surface area contributed by atoms with Crippen molar-refractivity contribution in [2.24, 2.45) is 11.8 Å². The second-order valence-electron chi connectivity index (χ2n) is 11.0. The largest absolute Gasteiger partial charge is 0.481 e. The van der Waals surface area contributed by atoms with Crippen molar-refractivity contribution in [1.82, 2.24) is 9.88 Å². The molecule has 1 aliphatic heterocycles. The van der Waals surface area contributed by atoms with Gasteiger partial charge >= 0.3 is 24.4 Å². The van der Waals surface area contributed by atoms with E-state index in [-0.39, 0.29) is 24.9 Å². The number of aliphatic carboxylic acids is 1. The van der Waals surface area contributed by atoms with Crippen LogP contribution in [0, 0.1) is 11.8 Å². The molecule has 1 saturated carbocycles. The van der Waals surface area contributed by atoms with Crippen LogP contribution in [0.25, 0.3) is 0 Å². The zero-order chi connectivity index (χ0) is 30.8. The van der Waals surface area contributed by atoms with Gasteiger partial charge in [-0.1, -0.05) is 0 Å². The van der Waals surface area contributed by atoms with Crippen LogP contribution in [0.1, 0.15) is 74.4 Å². The Bertz CT molecular complexity index is 1240. The quantitative estimate of drug-likeness (QED) is 0.304. The van der Waals surface area contributed by atoms with Gasteiger partial charge in [-0.05, 0) is 87.3 Å². The van der Waals surface area contributed by atoms with E-state index in [1.807, 2.05) is 13.0 Å². The minimum atomic E-state index is -5.02. The van der Waals surface area contributed by atoms with Gasteiger partial charge in [-0.3, -0.25) is 14.7 Å². The van der Waals surface area contributed by atoms with Crippen LogP contribution in [0.5, 0.6) is 0 Å². The van der Waals surface area contributed by atoms with Crippen molar-refractivity contribution >= 4 is 17.7 Å². The summed E-state index contributed by atoms with van der Waals surface area (Å²) in [5.41, 5.74) is -2.07. The van der Waals surface area contributed by atoms with E-state index in [0.29, 0.717) is 36.8 Å². The third-order valence-electron chi connectivity index (χ3n) is 8.15. The third-order valence-corrected chi connectivity index (χ3v) is 8.15. The fourth-order valence-corrected chi connectivity index (χ4v) is 5.88. The number of rotatable bonds is 9. The minimum absolute atomic E-state index is 0.0425. The molecule has 1 aromatic carbocycles. The van der Waals surface area contributed by atoms with Crippen molar-refractivity contribution in [3.63, 3.8) is 0 Å². The predicted molar refractivity (Wildman–Crippen MR) is 140 cm³/mol. The van der Waals surface area contributed by atoms with Crippen LogP contribution in [0.15, 0.2) is 36.5 Å². The number of carbonyl (C=O) groups excluding carboxylic acids is 1. The number of aromatic nitrogens is 1. The molecular weight excluding hydrogens is 568 g/mol. The molecule has 13 heteroatoms. The van der Waals surface area contributed by atoms with Gasteiger partial charge in [0.05, 0.1) is 35.1 Å². The Balaban J connectivity index is 1.52. The SMILES string of the molecule is CCN(C[C@H]1CC[C@H](CC(=O)O)CC1)c1cccnc1CN1C(=O)O[C@H](c2cc(C(F)(F)F)cc(C(F)(F)F)c2)[C@@H]1C. The molecule has 1 amide bonds. The zero-order valence-electron chi connectivity index (χ0n) is 23.2. The van der Waals surface area contributed by atoms with Crippen molar-refractivity contribution in [3.05, 3.63) is 58.9 Å². The van der Waals surface area contributed by atoms with Crippen molar-refractivity contribution in [2.45, 2.75) is 77.0 Å². The Kier molecular flexibility index (Phi) is 9.27. The standard InChI is InChI=1S/C29H33F6N3O4/c1-3-37(15-19-8-6-18(7-9-19)11-25(39)40)24-5-4-10-36-23(24)16-38-17(2)26(42-27(38)41)20-12-21(28(30,31)32)14-22(13-20)29(33,34)35/h4-5,10,12-14,17-19,26H,3,6-9,11,15-16H2,1-2H3,(H,39,40)/t17-,18-,19-,26-/m0/s1. The summed E-state index contributed by atoms with van der Waals surface area (Å²) in [6.45, 7) is 4.75. The van der Waals surface area contributed by atoms with Gasteiger partial charge in [-0.15, -0.1) is 0 Å². The van der Waals surface area contributed by atoms with Crippen LogP contribution in [-0.4, -0.2) is 46.2 Å². The summed E-state index contributed by atoms with van der Waals surface area (Å²) < 4.78 is 85.9. The molecular formula is C29H33F6N3O4. The van der Waals surface area contributed by atoms with Crippen LogP contribution in [0.2, 0.25) is 0 Å². The minimum Gasteiger partial charge on any atom is -0.481 e. The molecule has 42 heavy (non-hydrogen) atoms. The number of cyclic esters (lactones) is 1. The smallest absolute Gasteiger partial charge is 0.416 e. The highest BCUT2D eigenvalue weighted by Gasteiger charge is 2.43. The van der Waals surface area contributed by atoms with E-state index in [2.05, 4.69) is 9.88 Å². The summed E-state index contributed by atoms with van der Waals surface area (Å²) in [4.78, 5) is 31.8. The second kappa shape index (κ2) is 12.4. The van der Waals surface area contributed by atoms with Gasteiger partial charge in [-0.2, -0.15) is 26.3 Å². The van der Waals surface area contributed by atoms with Gasteiger partial charge in [0, 0.05) is 25.7 Å². The molecule has 230 valence electrons. The zero-order valence-corrected chi connectivity index (χ0v) is 23.2. The van der Waals surface area contributed by atoms with E-state index >= 15 is 0 Å². The maximum absolute atomic E-state index is 13.4. The first-order chi connectivity index (χ1) is 19.7. The Morgan fingerprint density at radius 2 is 1.64 bits per heavy atom. The molecule has 1 saturated heterocycles. The average molecular weight is 602 g/mol. The van der Waals surface area contributed by atoms with Crippen molar-refractivity contribution < 1.29 is 45.8 Å². The first-order valence-electron chi connectivity index (χ1n) is 13.8. The molecule has 2 atom stereocenters. The molecule has 0 radical (unpaired) electrons. The molecule has 2 fully saturated rings. The van der Waals surface area contributed by atoms with E-state index in [1.54, 1.807) is 12.3 Å². The molecule has 7 nitrogen and oxygen atoms in total. The van der Waals surface area contributed by atoms with Gasteiger partial charge < -0.3 is 14.7 Å². The number of benzene rings is 1. The molecule has 0 unspecified atom stereocenters. The van der Waals surface area contributed by atoms with E-state index < -0.39 is 53.3 Å². The summed E-state index contributed by atoms with van der Waals surface area (Å²) in [5.74, 6) is -0.284. The molecule has 1 N–H and O–H groups in total. The molecule has 0 spiro atoms. The van der Waals surface area contributed by atoms with Gasteiger partial charge in [0.1, 0.15) is 6.10 Å². The number of amides is 1. The van der Waals surface area contributed by atoms with E-state index in [0.717, 1.165) is 31.4 Å². The number of hydrogen-bond donors (Lipinski definition) is 1. The number of anilines is 1. The summed E-state index contributed by atoms with van der Waals surface area (Å²) in [7, 11) is 0. The Labute approximate surface area is 239 Å². The first kappa shape index (κ1) is 31.4. The van der Waals surface area contributed by atoms with E-state index in [4.69, 9.17) is 9.84 Å². The summed E-state index contributed by atoms with van der Waals surface area (Å²) in [6.07, 6.45) is -7.11. The van der Waals surface area contributed by atoms with Crippen molar-refractivity contribution in [2.75, 3.05) is 18.0 Å². The fourth-order valence-electron chi connectivity index (χ4n) is 5.88. The van der Waals surface area contributed by atoms with Crippen LogP contribution >= 0.6 is 0 Å². The van der Waals surface area contributed by atoms with Gasteiger partial charge in [-0.25, -0.2) is 4.79 Å². The maximum Gasteiger partial charge on any atom is 0.416 e. The van der Waals surface area contributed by atoms with E-state index in [9.17, 15) is 35.9 Å². The Morgan fingerprint density at radius 1 is 1.05 bits per heavy atom. The molecule has 1 aliphatic carbocycles. The molecule has 1 aromatic heterocycles. The number of halogens is 6. The van der Waals surface area contributed by atoms with Gasteiger partial charge in [0.15, 0.2) is 0 Å². The number of alkyl halides is 6. The molecule has 2 aromatic rings. The number of carboxylic acids is 1. The van der Waals surface area contributed by atoms with Gasteiger partial charge in [0.2, 0.25) is 0 Å². The molecule has 2 aliphatic rings. The number of carbonyl (C=O) groups is 2. The highest BCUT2D eigenvalue weighted by molar-refractivity contribution is 5.71. The third kappa shape index (κ3) is 7.27. The lowest BCUT2D eigenvalue weighted by atomic mass is 9.80. The summed E-state index contributed by atoms with van der Waals surface area (Å²) in [5, 5.41) is 9.08. The predicted octanol–water partition coefficient (Wildman–Crippen LogP) is 7.31. The monoisotopic (exact) mass is 601 g/mol.